The van der Waals surface area contributed by atoms with Gasteiger partial charge in [0.05, 0.1) is 12.8 Å². The minimum absolute atomic E-state index is 0.0245. The van der Waals surface area contributed by atoms with Crippen LogP contribution >= 0.6 is 0 Å². The molecule has 2 N–H and O–H groups in total. The van der Waals surface area contributed by atoms with E-state index in [1.54, 1.807) is 0 Å². The third kappa shape index (κ3) is 11.4. The second-order valence-electron chi connectivity index (χ2n) is 7.08. The van der Waals surface area contributed by atoms with Crippen LogP contribution in [0.1, 0.15) is 38.8 Å². The average Bonchev–Trinajstić information content (AvgIpc) is 2.70. The Balaban J connectivity index is 0.000000360. The van der Waals surface area contributed by atoms with Gasteiger partial charge in [-0.3, -0.25) is 28.8 Å². The highest BCUT2D eigenvalue weighted by Gasteiger charge is 2.13. The van der Waals surface area contributed by atoms with Crippen molar-refractivity contribution in [3.05, 3.63) is 47.5 Å². The van der Waals surface area contributed by atoms with Crippen molar-refractivity contribution < 1.29 is 57.9 Å². The van der Waals surface area contributed by atoms with Gasteiger partial charge in [-0.1, -0.05) is 12.1 Å². The molecule has 0 aliphatic carbocycles. The summed E-state index contributed by atoms with van der Waals surface area (Å²) < 4.78 is 19.4. The van der Waals surface area contributed by atoms with Gasteiger partial charge in [-0.25, -0.2) is 0 Å². The lowest BCUT2D eigenvalue weighted by atomic mass is 10.1. The molecule has 0 heterocycles. The Morgan fingerprint density at radius 1 is 0.528 bits per heavy atom. The molecule has 0 bridgehead atoms. The smallest absolute Gasteiger partial charge is 0.308 e. The van der Waals surface area contributed by atoms with Crippen LogP contribution in [-0.4, -0.2) is 46.0 Å². The number of hydrogen-bond acceptors (Lipinski definition) is 10. The van der Waals surface area contributed by atoms with E-state index in [2.05, 4.69) is 0 Å². The number of carbonyl (C=O) groups is 6. The maximum atomic E-state index is 10.9. The molecule has 0 aliphatic heterocycles. The molecule has 2 aromatic carbocycles. The monoisotopic (exact) mass is 504 g/mol. The summed E-state index contributed by atoms with van der Waals surface area (Å²) in [7, 11) is 0. The van der Waals surface area contributed by atoms with E-state index >= 15 is 0 Å². The molecule has 2 rings (SSSR count). The molecular weight excluding hydrogens is 480 g/mol. The highest BCUT2D eigenvalue weighted by molar-refractivity contribution is 5.76. The highest BCUT2D eigenvalue weighted by atomic mass is 16.6. The third-order valence-corrected chi connectivity index (χ3v) is 3.74. The summed E-state index contributed by atoms with van der Waals surface area (Å²) in [5, 5.41) is 17.3. The number of benzene rings is 2. The molecule has 2 aromatic rings. The lowest BCUT2D eigenvalue weighted by molar-refractivity contribution is -0.137. The van der Waals surface area contributed by atoms with E-state index in [1.165, 1.54) is 64.1 Å². The van der Waals surface area contributed by atoms with Crippen molar-refractivity contribution in [3.8, 4) is 23.0 Å². The first kappa shape index (κ1) is 29.3. The van der Waals surface area contributed by atoms with Gasteiger partial charge in [-0.05, 0) is 35.4 Å². The molecule has 0 amide bonds. The van der Waals surface area contributed by atoms with Gasteiger partial charge in [-0.15, -0.1) is 0 Å². The topological polar surface area (TPSA) is 180 Å². The minimum Gasteiger partial charge on any atom is -0.481 e. The van der Waals surface area contributed by atoms with Gasteiger partial charge in [0, 0.05) is 27.7 Å². The predicted molar refractivity (Wildman–Crippen MR) is 121 cm³/mol. The van der Waals surface area contributed by atoms with E-state index in [0.717, 1.165) is 0 Å². The SMILES string of the molecule is CC(=O)Oc1ccc(CC(=O)O)cc1OC(C)=O.CC(=O)Oc1ccc(CC(=O)O)cc1OC(C)=O. The fraction of sp³-hybridized carbons (Fsp3) is 0.250. The Bertz CT molecular complexity index is 1070. The van der Waals surface area contributed by atoms with Crippen LogP contribution in [0.2, 0.25) is 0 Å². The Morgan fingerprint density at radius 2 is 0.806 bits per heavy atom. The fourth-order valence-corrected chi connectivity index (χ4v) is 2.62. The molecule has 0 saturated carbocycles. The van der Waals surface area contributed by atoms with Crippen molar-refractivity contribution in [2.45, 2.75) is 40.5 Å². The van der Waals surface area contributed by atoms with Crippen LogP contribution in [0.15, 0.2) is 36.4 Å². The molecule has 0 unspecified atom stereocenters. The third-order valence-electron chi connectivity index (χ3n) is 3.74. The Hall–Kier alpha value is -4.74. The second-order valence-corrected chi connectivity index (χ2v) is 7.08. The normalized spacial score (nSPS) is 9.67. The molecule has 0 saturated heterocycles. The van der Waals surface area contributed by atoms with Crippen molar-refractivity contribution in [2.24, 2.45) is 0 Å². The molecular formula is C24H24O12. The quantitative estimate of drug-likeness (QED) is 0.396. The van der Waals surface area contributed by atoms with Gasteiger partial charge in [0.1, 0.15) is 0 Å². The van der Waals surface area contributed by atoms with Crippen molar-refractivity contribution in [2.75, 3.05) is 0 Å². The number of carbonyl (C=O) groups excluding carboxylic acids is 4. The van der Waals surface area contributed by atoms with Crippen molar-refractivity contribution in [1.29, 1.82) is 0 Å². The van der Waals surface area contributed by atoms with Crippen LogP contribution in [0.3, 0.4) is 0 Å². The molecule has 12 heteroatoms. The summed E-state index contributed by atoms with van der Waals surface area (Å²) >= 11 is 0. The second kappa shape index (κ2) is 13.8. The van der Waals surface area contributed by atoms with Gasteiger partial charge < -0.3 is 29.2 Å². The summed E-state index contributed by atoms with van der Waals surface area (Å²) in [5.41, 5.74) is 0.879. The summed E-state index contributed by atoms with van der Waals surface area (Å²) in [4.78, 5) is 64.7. The summed E-state index contributed by atoms with van der Waals surface area (Å²) in [6.07, 6.45) is -0.427. The zero-order valence-corrected chi connectivity index (χ0v) is 19.9. The first-order chi connectivity index (χ1) is 16.8. The molecule has 0 radical (unpaired) electrons. The van der Waals surface area contributed by atoms with E-state index in [0.29, 0.717) is 11.1 Å². The lowest BCUT2D eigenvalue weighted by Crippen LogP contribution is -2.08. The largest absolute Gasteiger partial charge is 0.481 e. The number of rotatable bonds is 8. The molecule has 12 nitrogen and oxygen atoms in total. The summed E-state index contributed by atoms with van der Waals surface area (Å²) in [6, 6.07) is 8.45. The Morgan fingerprint density at radius 3 is 1.06 bits per heavy atom. The first-order valence-corrected chi connectivity index (χ1v) is 10.2. The van der Waals surface area contributed by atoms with Crippen LogP contribution in [0, 0.1) is 0 Å². The zero-order valence-electron chi connectivity index (χ0n) is 19.9. The average molecular weight is 504 g/mol. The Kier molecular flexibility index (Phi) is 11.3. The fourth-order valence-electron chi connectivity index (χ4n) is 2.62. The number of esters is 4. The van der Waals surface area contributed by atoms with E-state index in [9.17, 15) is 28.8 Å². The van der Waals surface area contributed by atoms with E-state index in [-0.39, 0.29) is 35.8 Å². The van der Waals surface area contributed by atoms with Crippen LogP contribution in [0.5, 0.6) is 23.0 Å². The molecule has 36 heavy (non-hydrogen) atoms. The van der Waals surface area contributed by atoms with E-state index < -0.39 is 35.8 Å². The molecule has 0 fully saturated rings. The maximum Gasteiger partial charge on any atom is 0.308 e. The number of aliphatic carboxylic acids is 2. The molecule has 0 spiro atoms. The zero-order chi connectivity index (χ0) is 27.4. The van der Waals surface area contributed by atoms with Gasteiger partial charge in [0.25, 0.3) is 0 Å². The van der Waals surface area contributed by atoms with Crippen LogP contribution in [-0.2, 0) is 41.6 Å². The molecule has 0 atom stereocenters. The standard InChI is InChI=1S/2C12H12O6/c2*1-7(13)17-10-4-3-9(6-12(15)16)5-11(10)18-8(2)14/h2*3-5H,6H2,1-2H3,(H,15,16). The highest BCUT2D eigenvalue weighted by Crippen LogP contribution is 2.30. The minimum atomic E-state index is -1.01. The van der Waals surface area contributed by atoms with Crippen LogP contribution in [0.4, 0.5) is 0 Å². The van der Waals surface area contributed by atoms with Crippen molar-refractivity contribution >= 4 is 35.8 Å². The number of carboxylic acids is 2. The Labute approximate surface area is 205 Å². The van der Waals surface area contributed by atoms with Crippen molar-refractivity contribution in [3.63, 3.8) is 0 Å². The van der Waals surface area contributed by atoms with E-state index in [4.69, 9.17) is 29.2 Å². The van der Waals surface area contributed by atoms with Gasteiger partial charge >= 0.3 is 35.8 Å². The molecule has 0 aliphatic rings. The van der Waals surface area contributed by atoms with Crippen molar-refractivity contribution in [1.82, 2.24) is 0 Å². The number of hydrogen-bond donors (Lipinski definition) is 2. The van der Waals surface area contributed by atoms with Crippen LogP contribution < -0.4 is 18.9 Å². The van der Waals surface area contributed by atoms with Gasteiger partial charge in [-0.2, -0.15) is 0 Å². The van der Waals surface area contributed by atoms with Crippen LogP contribution in [0.25, 0.3) is 0 Å². The molecule has 0 aromatic heterocycles. The van der Waals surface area contributed by atoms with E-state index in [1.807, 2.05) is 0 Å². The molecule has 192 valence electrons. The predicted octanol–water partition coefficient (Wildman–Crippen LogP) is 2.33. The number of ether oxygens (including phenoxy) is 4. The number of carboxylic acid groups (broad SMARTS) is 2. The summed E-state index contributed by atoms with van der Waals surface area (Å²) in [6.45, 7) is 4.81. The maximum absolute atomic E-state index is 10.9. The summed E-state index contributed by atoms with van der Waals surface area (Å²) in [5.74, 6) is -4.12. The van der Waals surface area contributed by atoms with Gasteiger partial charge in [0.15, 0.2) is 23.0 Å². The van der Waals surface area contributed by atoms with Gasteiger partial charge in [0.2, 0.25) is 0 Å². The first-order valence-electron chi connectivity index (χ1n) is 10.2. The lowest BCUT2D eigenvalue weighted by Gasteiger charge is -2.09.